The van der Waals surface area contributed by atoms with E-state index in [0.717, 1.165) is 35.5 Å². The van der Waals surface area contributed by atoms with Crippen LogP contribution in [0.3, 0.4) is 0 Å². The van der Waals surface area contributed by atoms with Gasteiger partial charge in [-0.3, -0.25) is 4.79 Å². The molecule has 0 radical (unpaired) electrons. The van der Waals surface area contributed by atoms with Crippen LogP contribution in [0.4, 0.5) is 0 Å². The van der Waals surface area contributed by atoms with E-state index < -0.39 is 0 Å². The van der Waals surface area contributed by atoms with Crippen LogP contribution in [-0.2, 0) is 4.79 Å². The van der Waals surface area contributed by atoms with Crippen LogP contribution in [0.5, 0.6) is 11.5 Å². The van der Waals surface area contributed by atoms with E-state index in [4.69, 9.17) is 9.47 Å². The largest absolute Gasteiger partial charge is 0.497 e. The third-order valence-corrected chi connectivity index (χ3v) is 4.13. The number of methoxy groups -OCH3 is 2. The molecule has 3 rings (SSSR count). The predicted molar refractivity (Wildman–Crippen MR) is 88.7 cm³/mol. The molecule has 1 amide bonds. The molecule has 120 valence electrons. The van der Waals surface area contributed by atoms with Crippen molar-refractivity contribution in [2.75, 3.05) is 14.2 Å². The summed E-state index contributed by atoms with van der Waals surface area (Å²) in [5.41, 5.74) is 2.06. The Morgan fingerprint density at radius 3 is 1.70 bits per heavy atom. The lowest BCUT2D eigenvalue weighted by Crippen LogP contribution is -2.30. The minimum absolute atomic E-state index is 0.127. The van der Waals surface area contributed by atoms with Crippen LogP contribution in [0.2, 0.25) is 0 Å². The van der Waals surface area contributed by atoms with Crippen molar-refractivity contribution < 1.29 is 14.3 Å². The Hall–Kier alpha value is -2.49. The highest BCUT2D eigenvalue weighted by Gasteiger charge is 2.31. The number of hydrogen-bond donors (Lipinski definition) is 1. The van der Waals surface area contributed by atoms with Crippen LogP contribution in [0.15, 0.2) is 48.5 Å². The third-order valence-electron chi connectivity index (χ3n) is 4.13. The van der Waals surface area contributed by atoms with E-state index in [0.29, 0.717) is 0 Å². The molecule has 0 saturated heterocycles. The zero-order chi connectivity index (χ0) is 16.2. The smallest absolute Gasteiger partial charge is 0.223 e. The van der Waals surface area contributed by atoms with Crippen molar-refractivity contribution in [2.24, 2.45) is 5.92 Å². The number of hydrogen-bond acceptors (Lipinski definition) is 3. The molecule has 2 aromatic rings. The predicted octanol–water partition coefficient (Wildman–Crippen LogP) is 3.32. The van der Waals surface area contributed by atoms with Crippen molar-refractivity contribution in [1.82, 2.24) is 5.32 Å². The summed E-state index contributed by atoms with van der Waals surface area (Å²) >= 11 is 0. The lowest BCUT2D eigenvalue weighted by molar-refractivity contribution is -0.122. The van der Waals surface area contributed by atoms with E-state index in [1.165, 1.54) is 0 Å². The highest BCUT2D eigenvalue weighted by Crippen LogP contribution is 2.32. The van der Waals surface area contributed by atoms with Crippen molar-refractivity contribution in [3.63, 3.8) is 0 Å². The van der Waals surface area contributed by atoms with Crippen LogP contribution in [0.25, 0.3) is 0 Å². The van der Waals surface area contributed by atoms with Gasteiger partial charge in [0.2, 0.25) is 5.91 Å². The summed E-state index contributed by atoms with van der Waals surface area (Å²) in [6.07, 6.45) is 1.98. The first kappa shape index (κ1) is 15.4. The second-order valence-corrected chi connectivity index (χ2v) is 5.76. The molecule has 4 heteroatoms. The summed E-state index contributed by atoms with van der Waals surface area (Å²) in [7, 11) is 3.29. The van der Waals surface area contributed by atoms with Crippen molar-refractivity contribution in [3.8, 4) is 11.5 Å². The SMILES string of the molecule is COc1ccc(C(NC(=O)C2CC2)c2ccc(OC)cc2)cc1. The fourth-order valence-corrected chi connectivity index (χ4v) is 2.56. The monoisotopic (exact) mass is 311 g/mol. The minimum atomic E-state index is -0.167. The van der Waals surface area contributed by atoms with Gasteiger partial charge in [-0.1, -0.05) is 24.3 Å². The number of carbonyl (C=O) groups excluding carboxylic acids is 1. The molecule has 1 saturated carbocycles. The maximum Gasteiger partial charge on any atom is 0.223 e. The van der Waals surface area contributed by atoms with Gasteiger partial charge in [0, 0.05) is 5.92 Å². The molecule has 1 aliphatic rings. The van der Waals surface area contributed by atoms with E-state index in [2.05, 4.69) is 5.32 Å². The molecular weight excluding hydrogens is 290 g/mol. The van der Waals surface area contributed by atoms with E-state index >= 15 is 0 Å². The van der Waals surface area contributed by atoms with Gasteiger partial charge in [-0.05, 0) is 48.2 Å². The van der Waals surface area contributed by atoms with Crippen LogP contribution < -0.4 is 14.8 Å². The number of benzene rings is 2. The van der Waals surface area contributed by atoms with Gasteiger partial charge in [-0.25, -0.2) is 0 Å². The van der Waals surface area contributed by atoms with Gasteiger partial charge < -0.3 is 14.8 Å². The normalized spacial score (nSPS) is 13.7. The van der Waals surface area contributed by atoms with Crippen LogP contribution in [-0.4, -0.2) is 20.1 Å². The Bertz CT molecular complexity index is 613. The van der Waals surface area contributed by atoms with E-state index in [-0.39, 0.29) is 17.9 Å². The molecule has 0 heterocycles. The van der Waals surface area contributed by atoms with Gasteiger partial charge in [-0.15, -0.1) is 0 Å². The lowest BCUT2D eigenvalue weighted by Gasteiger charge is -2.20. The van der Waals surface area contributed by atoms with Crippen molar-refractivity contribution >= 4 is 5.91 Å². The zero-order valence-corrected chi connectivity index (χ0v) is 13.4. The number of nitrogens with one attached hydrogen (secondary N) is 1. The molecule has 23 heavy (non-hydrogen) atoms. The Labute approximate surface area is 136 Å². The summed E-state index contributed by atoms with van der Waals surface area (Å²) in [5.74, 6) is 1.90. The first-order valence-electron chi connectivity index (χ1n) is 7.79. The molecule has 0 aliphatic heterocycles. The number of carbonyl (C=O) groups is 1. The Balaban J connectivity index is 1.88. The van der Waals surface area contributed by atoms with Gasteiger partial charge in [0.05, 0.1) is 20.3 Å². The summed E-state index contributed by atoms with van der Waals surface area (Å²) in [5, 5.41) is 3.17. The first-order chi connectivity index (χ1) is 11.2. The molecule has 0 spiro atoms. The van der Waals surface area contributed by atoms with E-state index in [9.17, 15) is 4.79 Å². The van der Waals surface area contributed by atoms with Gasteiger partial charge in [0.25, 0.3) is 0 Å². The molecule has 0 atom stereocenters. The fraction of sp³-hybridized carbons (Fsp3) is 0.316. The molecule has 1 fully saturated rings. The molecule has 0 bridgehead atoms. The van der Waals surface area contributed by atoms with E-state index in [1.807, 2.05) is 48.5 Å². The second kappa shape index (κ2) is 6.73. The summed E-state index contributed by atoms with van der Waals surface area (Å²) in [6, 6.07) is 15.4. The first-order valence-corrected chi connectivity index (χ1v) is 7.79. The van der Waals surface area contributed by atoms with Gasteiger partial charge in [0.15, 0.2) is 0 Å². The average Bonchev–Trinajstić information content (AvgIpc) is 3.45. The van der Waals surface area contributed by atoms with E-state index in [1.54, 1.807) is 14.2 Å². The number of ether oxygens (including phenoxy) is 2. The van der Waals surface area contributed by atoms with Crippen molar-refractivity contribution in [2.45, 2.75) is 18.9 Å². The molecule has 0 unspecified atom stereocenters. The molecule has 0 aromatic heterocycles. The summed E-state index contributed by atoms with van der Waals surface area (Å²) in [4.78, 5) is 12.2. The molecular formula is C19H21NO3. The number of amides is 1. The quantitative estimate of drug-likeness (QED) is 0.890. The maximum atomic E-state index is 12.2. The fourth-order valence-electron chi connectivity index (χ4n) is 2.56. The van der Waals surface area contributed by atoms with Crippen LogP contribution in [0.1, 0.15) is 30.0 Å². The van der Waals surface area contributed by atoms with Crippen molar-refractivity contribution in [3.05, 3.63) is 59.7 Å². The summed E-state index contributed by atoms with van der Waals surface area (Å²) < 4.78 is 10.4. The molecule has 1 N–H and O–H groups in total. The average molecular weight is 311 g/mol. The summed E-state index contributed by atoms with van der Waals surface area (Å²) in [6.45, 7) is 0. The van der Waals surface area contributed by atoms with Crippen molar-refractivity contribution in [1.29, 1.82) is 0 Å². The highest BCUT2D eigenvalue weighted by atomic mass is 16.5. The minimum Gasteiger partial charge on any atom is -0.497 e. The Morgan fingerprint density at radius 2 is 1.35 bits per heavy atom. The molecule has 1 aliphatic carbocycles. The molecule has 4 nitrogen and oxygen atoms in total. The van der Waals surface area contributed by atoms with Crippen LogP contribution in [0, 0.1) is 5.92 Å². The van der Waals surface area contributed by atoms with Gasteiger partial charge in [-0.2, -0.15) is 0 Å². The topological polar surface area (TPSA) is 47.6 Å². The molecule has 2 aromatic carbocycles. The standard InChI is InChI=1S/C19H21NO3/c1-22-16-9-5-13(6-10-16)18(20-19(21)15-3-4-15)14-7-11-17(23-2)12-8-14/h5-12,15,18H,3-4H2,1-2H3,(H,20,21). The number of rotatable bonds is 6. The lowest BCUT2D eigenvalue weighted by atomic mass is 9.98. The Morgan fingerprint density at radius 1 is 0.913 bits per heavy atom. The third kappa shape index (κ3) is 3.65. The van der Waals surface area contributed by atoms with Crippen LogP contribution >= 0.6 is 0 Å². The van der Waals surface area contributed by atoms with Gasteiger partial charge in [0.1, 0.15) is 11.5 Å². The maximum absolute atomic E-state index is 12.2. The van der Waals surface area contributed by atoms with Gasteiger partial charge >= 0.3 is 0 Å². The highest BCUT2D eigenvalue weighted by molar-refractivity contribution is 5.81. The zero-order valence-electron chi connectivity index (χ0n) is 13.4. The second-order valence-electron chi connectivity index (χ2n) is 5.76. The Kier molecular flexibility index (Phi) is 4.51.